The summed E-state index contributed by atoms with van der Waals surface area (Å²) < 4.78 is 1.13. The van der Waals surface area contributed by atoms with E-state index in [-0.39, 0.29) is 0 Å². The van der Waals surface area contributed by atoms with Gasteiger partial charge in [-0.2, -0.15) is 5.10 Å². The first-order valence-corrected chi connectivity index (χ1v) is 6.24. The third kappa shape index (κ3) is 1.49. The summed E-state index contributed by atoms with van der Waals surface area (Å²) in [6.07, 6.45) is 3.86. The number of anilines is 1. The average molecular weight is 265 g/mol. The van der Waals surface area contributed by atoms with Crippen LogP contribution in [-0.2, 0) is 0 Å². The van der Waals surface area contributed by atoms with Crippen LogP contribution < -0.4 is 5.01 Å². The van der Waals surface area contributed by atoms with Crippen LogP contribution in [-0.4, -0.2) is 10.7 Å². The van der Waals surface area contributed by atoms with Gasteiger partial charge in [0.15, 0.2) is 0 Å². The molecular formula is C12H13BrN2. The quantitative estimate of drug-likeness (QED) is 0.760. The van der Waals surface area contributed by atoms with Gasteiger partial charge in [-0.15, -0.1) is 0 Å². The molecule has 0 N–H and O–H groups in total. The Balaban J connectivity index is 1.95. The zero-order chi connectivity index (χ0) is 10.3. The minimum absolute atomic E-state index is 0.585. The normalized spacial score (nSPS) is 29.1. The maximum atomic E-state index is 4.61. The number of halogens is 1. The van der Waals surface area contributed by atoms with Crippen molar-refractivity contribution in [3.63, 3.8) is 0 Å². The third-order valence-electron chi connectivity index (χ3n) is 3.32. The van der Waals surface area contributed by atoms with Gasteiger partial charge in [-0.25, -0.2) is 0 Å². The number of hydrazone groups is 1. The van der Waals surface area contributed by atoms with Gasteiger partial charge in [0.05, 0.1) is 11.7 Å². The SMILES string of the molecule is BrC1=NN(c2ccccc2)C2CCCC12. The van der Waals surface area contributed by atoms with Gasteiger partial charge in [0.1, 0.15) is 4.62 Å². The molecule has 1 heterocycles. The summed E-state index contributed by atoms with van der Waals surface area (Å²) in [6.45, 7) is 0. The lowest BCUT2D eigenvalue weighted by Crippen LogP contribution is -2.28. The molecule has 1 fully saturated rings. The predicted molar refractivity (Wildman–Crippen MR) is 66.4 cm³/mol. The Morgan fingerprint density at radius 3 is 2.80 bits per heavy atom. The van der Waals surface area contributed by atoms with Crippen LogP contribution >= 0.6 is 15.9 Å². The van der Waals surface area contributed by atoms with Crippen molar-refractivity contribution in [2.24, 2.45) is 11.0 Å². The Morgan fingerprint density at radius 2 is 2.00 bits per heavy atom. The molecule has 1 saturated carbocycles. The molecule has 0 amide bonds. The van der Waals surface area contributed by atoms with E-state index in [0.717, 1.165) is 4.62 Å². The van der Waals surface area contributed by atoms with E-state index in [1.165, 1.54) is 24.9 Å². The van der Waals surface area contributed by atoms with Gasteiger partial charge in [-0.1, -0.05) is 24.6 Å². The highest BCUT2D eigenvalue weighted by Crippen LogP contribution is 2.40. The second kappa shape index (κ2) is 3.63. The molecule has 2 nitrogen and oxygen atoms in total. The molecule has 1 aromatic rings. The van der Waals surface area contributed by atoms with E-state index in [9.17, 15) is 0 Å². The summed E-state index contributed by atoms with van der Waals surface area (Å²) in [5.74, 6) is 0.630. The van der Waals surface area contributed by atoms with Crippen LogP contribution in [0.4, 0.5) is 5.69 Å². The molecule has 15 heavy (non-hydrogen) atoms. The van der Waals surface area contributed by atoms with Crippen molar-refractivity contribution in [1.82, 2.24) is 0 Å². The van der Waals surface area contributed by atoms with Crippen LogP contribution in [0.1, 0.15) is 19.3 Å². The summed E-state index contributed by atoms with van der Waals surface area (Å²) in [6, 6.07) is 11.0. The fourth-order valence-corrected chi connectivity index (χ4v) is 3.30. The molecule has 1 aliphatic carbocycles. The molecule has 2 aliphatic rings. The maximum absolute atomic E-state index is 4.61. The summed E-state index contributed by atoms with van der Waals surface area (Å²) >= 11 is 3.59. The molecule has 1 aliphatic heterocycles. The highest BCUT2D eigenvalue weighted by Gasteiger charge is 2.40. The Bertz CT molecular complexity index is 388. The van der Waals surface area contributed by atoms with Crippen molar-refractivity contribution in [2.45, 2.75) is 25.3 Å². The van der Waals surface area contributed by atoms with Crippen molar-refractivity contribution in [3.8, 4) is 0 Å². The molecule has 2 unspecified atom stereocenters. The van der Waals surface area contributed by atoms with Crippen LogP contribution in [0.2, 0.25) is 0 Å². The molecule has 3 heteroatoms. The largest absolute Gasteiger partial charge is 0.261 e. The van der Waals surface area contributed by atoms with Gasteiger partial charge in [0.25, 0.3) is 0 Å². The molecular weight excluding hydrogens is 252 g/mol. The van der Waals surface area contributed by atoms with Gasteiger partial charge in [0, 0.05) is 5.92 Å². The Labute approximate surface area is 98.1 Å². The molecule has 1 aromatic carbocycles. The Hall–Kier alpha value is -0.830. The molecule has 0 radical (unpaired) electrons. The van der Waals surface area contributed by atoms with Crippen LogP contribution in [0.3, 0.4) is 0 Å². The summed E-state index contributed by atoms with van der Waals surface area (Å²) in [7, 11) is 0. The summed E-state index contributed by atoms with van der Waals surface area (Å²) in [4.78, 5) is 0. The number of hydrogen-bond acceptors (Lipinski definition) is 2. The van der Waals surface area contributed by atoms with Crippen LogP contribution in [0.5, 0.6) is 0 Å². The Morgan fingerprint density at radius 1 is 1.20 bits per heavy atom. The van der Waals surface area contributed by atoms with E-state index < -0.39 is 0 Å². The molecule has 0 saturated heterocycles. The third-order valence-corrected chi connectivity index (χ3v) is 4.07. The van der Waals surface area contributed by atoms with Crippen molar-refractivity contribution in [2.75, 3.05) is 5.01 Å². The lowest BCUT2D eigenvalue weighted by atomic mass is 10.1. The smallest absolute Gasteiger partial charge is 0.109 e. The van der Waals surface area contributed by atoms with Crippen LogP contribution in [0, 0.1) is 5.92 Å². The second-order valence-electron chi connectivity index (χ2n) is 4.21. The van der Waals surface area contributed by atoms with Gasteiger partial charge in [-0.05, 0) is 40.9 Å². The molecule has 3 rings (SSSR count). The summed E-state index contributed by atoms with van der Waals surface area (Å²) in [5, 5.41) is 6.79. The maximum Gasteiger partial charge on any atom is 0.109 e. The van der Waals surface area contributed by atoms with Crippen LogP contribution in [0.15, 0.2) is 35.4 Å². The van der Waals surface area contributed by atoms with E-state index in [0.29, 0.717) is 12.0 Å². The first-order chi connectivity index (χ1) is 7.36. The lowest BCUT2D eigenvalue weighted by Gasteiger charge is -2.22. The first-order valence-electron chi connectivity index (χ1n) is 5.44. The summed E-state index contributed by atoms with van der Waals surface area (Å²) in [5.41, 5.74) is 1.21. The van der Waals surface area contributed by atoms with E-state index in [1.807, 2.05) is 6.07 Å². The van der Waals surface area contributed by atoms with Gasteiger partial charge < -0.3 is 0 Å². The number of para-hydroxylation sites is 1. The van der Waals surface area contributed by atoms with Crippen molar-refractivity contribution in [1.29, 1.82) is 0 Å². The standard InChI is InChI=1S/C12H13BrN2/c13-12-10-7-4-8-11(10)15(14-12)9-5-2-1-3-6-9/h1-3,5-6,10-11H,4,7-8H2. The number of nitrogens with zero attached hydrogens (tertiary/aromatic N) is 2. The van der Waals surface area contributed by atoms with Crippen LogP contribution in [0.25, 0.3) is 0 Å². The molecule has 2 atom stereocenters. The number of fused-ring (bicyclic) bond motifs is 1. The zero-order valence-electron chi connectivity index (χ0n) is 8.44. The van der Waals surface area contributed by atoms with E-state index in [2.05, 4.69) is 50.3 Å². The molecule has 0 bridgehead atoms. The minimum atomic E-state index is 0.585. The van der Waals surface area contributed by atoms with Gasteiger partial charge >= 0.3 is 0 Å². The number of hydrogen-bond donors (Lipinski definition) is 0. The molecule has 0 aromatic heterocycles. The van der Waals surface area contributed by atoms with Crippen molar-refractivity contribution >= 4 is 26.2 Å². The lowest BCUT2D eigenvalue weighted by molar-refractivity contribution is 0.605. The first kappa shape index (κ1) is 9.40. The fourth-order valence-electron chi connectivity index (χ4n) is 2.59. The molecule has 0 spiro atoms. The topological polar surface area (TPSA) is 15.6 Å². The number of rotatable bonds is 1. The number of benzene rings is 1. The Kier molecular flexibility index (Phi) is 2.28. The van der Waals surface area contributed by atoms with Crippen molar-refractivity contribution in [3.05, 3.63) is 30.3 Å². The van der Waals surface area contributed by atoms with E-state index in [4.69, 9.17) is 0 Å². The van der Waals surface area contributed by atoms with E-state index in [1.54, 1.807) is 0 Å². The van der Waals surface area contributed by atoms with Crippen molar-refractivity contribution < 1.29 is 0 Å². The highest BCUT2D eigenvalue weighted by atomic mass is 79.9. The highest BCUT2D eigenvalue weighted by molar-refractivity contribution is 9.18. The van der Waals surface area contributed by atoms with E-state index >= 15 is 0 Å². The van der Waals surface area contributed by atoms with Gasteiger partial charge in [0.2, 0.25) is 0 Å². The monoisotopic (exact) mass is 264 g/mol. The second-order valence-corrected chi connectivity index (χ2v) is 5.02. The fraction of sp³-hybridized carbons (Fsp3) is 0.417. The minimum Gasteiger partial charge on any atom is -0.261 e. The zero-order valence-corrected chi connectivity index (χ0v) is 10.0. The predicted octanol–water partition coefficient (Wildman–Crippen LogP) is 3.38. The average Bonchev–Trinajstić information content (AvgIpc) is 2.84. The molecule has 78 valence electrons. The van der Waals surface area contributed by atoms with Gasteiger partial charge in [-0.3, -0.25) is 5.01 Å².